The summed E-state index contributed by atoms with van der Waals surface area (Å²) >= 11 is 0. The highest BCUT2D eigenvalue weighted by atomic mass is 16.2. The Labute approximate surface area is 110 Å². The van der Waals surface area contributed by atoms with Crippen LogP contribution in [-0.4, -0.2) is 23.5 Å². The van der Waals surface area contributed by atoms with E-state index < -0.39 is 12.1 Å². The van der Waals surface area contributed by atoms with Crippen LogP contribution in [0.25, 0.3) is 0 Å². The second-order valence-electron chi connectivity index (χ2n) is 4.91. The Hall–Kier alpha value is -2.12. The summed E-state index contributed by atoms with van der Waals surface area (Å²) in [6.07, 6.45) is 4.72. The molecule has 4 amide bonds. The third kappa shape index (κ3) is 3.43. The third-order valence-corrected chi connectivity index (χ3v) is 3.54. The van der Waals surface area contributed by atoms with E-state index in [1.807, 2.05) is 0 Å². The standard InChI is InChI=1S/C11H18N6O2/c12-10(18)16-14-8-3-1-2-6-4-7(8)9(5-6)15-17-11(13)19/h6-7H,1-5H2,(H3,12,16,18)(H3,13,17,19)/b14-8-,15-9-/t6-,7-/m0/s1. The third-order valence-electron chi connectivity index (χ3n) is 3.54. The van der Waals surface area contributed by atoms with Crippen molar-refractivity contribution >= 4 is 23.5 Å². The zero-order valence-corrected chi connectivity index (χ0v) is 10.6. The summed E-state index contributed by atoms with van der Waals surface area (Å²) in [4.78, 5) is 21.4. The number of nitrogens with two attached hydrogens (primary N) is 2. The zero-order chi connectivity index (χ0) is 13.8. The number of carbonyl (C=O) groups excluding carboxylic acids is 2. The highest BCUT2D eigenvalue weighted by Crippen LogP contribution is 2.37. The maximum Gasteiger partial charge on any atom is 0.332 e. The van der Waals surface area contributed by atoms with Gasteiger partial charge in [0.1, 0.15) is 0 Å². The number of hydrogen-bond acceptors (Lipinski definition) is 4. The quantitative estimate of drug-likeness (QED) is 0.533. The molecule has 104 valence electrons. The molecule has 0 saturated heterocycles. The van der Waals surface area contributed by atoms with E-state index in [9.17, 15) is 9.59 Å². The molecular weight excluding hydrogens is 248 g/mol. The van der Waals surface area contributed by atoms with Gasteiger partial charge in [0.25, 0.3) is 0 Å². The zero-order valence-electron chi connectivity index (χ0n) is 10.6. The van der Waals surface area contributed by atoms with Crippen molar-refractivity contribution in [3.63, 3.8) is 0 Å². The van der Waals surface area contributed by atoms with Crippen molar-refractivity contribution in [1.82, 2.24) is 10.9 Å². The van der Waals surface area contributed by atoms with E-state index in [1.165, 1.54) is 0 Å². The molecule has 0 aliphatic heterocycles. The summed E-state index contributed by atoms with van der Waals surface area (Å²) < 4.78 is 0. The maximum atomic E-state index is 10.7. The average molecular weight is 266 g/mol. The number of rotatable bonds is 2. The van der Waals surface area contributed by atoms with E-state index in [1.54, 1.807) is 0 Å². The topological polar surface area (TPSA) is 135 Å². The molecule has 2 aliphatic rings. The lowest BCUT2D eigenvalue weighted by atomic mass is 9.97. The molecule has 8 nitrogen and oxygen atoms in total. The lowest BCUT2D eigenvalue weighted by Gasteiger charge is -2.14. The molecule has 0 radical (unpaired) electrons. The summed E-state index contributed by atoms with van der Waals surface area (Å²) in [5, 5.41) is 8.12. The molecule has 0 spiro atoms. The van der Waals surface area contributed by atoms with Gasteiger partial charge in [-0.05, 0) is 38.0 Å². The van der Waals surface area contributed by atoms with Gasteiger partial charge in [0.2, 0.25) is 0 Å². The first-order valence-electron chi connectivity index (χ1n) is 6.30. The molecule has 2 rings (SSSR count). The molecule has 6 N–H and O–H groups in total. The van der Waals surface area contributed by atoms with Crippen LogP contribution in [0.2, 0.25) is 0 Å². The molecule has 2 atom stereocenters. The maximum absolute atomic E-state index is 10.7. The molecule has 2 bridgehead atoms. The molecule has 2 aliphatic carbocycles. The number of hydrazone groups is 2. The van der Waals surface area contributed by atoms with Gasteiger partial charge in [-0.3, -0.25) is 0 Å². The van der Waals surface area contributed by atoms with Gasteiger partial charge in [-0.1, -0.05) is 0 Å². The van der Waals surface area contributed by atoms with Gasteiger partial charge in [-0.25, -0.2) is 20.4 Å². The lowest BCUT2D eigenvalue weighted by Crippen LogP contribution is -2.30. The highest BCUT2D eigenvalue weighted by Gasteiger charge is 2.36. The number of carbonyl (C=O) groups is 2. The van der Waals surface area contributed by atoms with Gasteiger partial charge in [-0.2, -0.15) is 10.2 Å². The monoisotopic (exact) mass is 266 g/mol. The molecule has 8 heteroatoms. The van der Waals surface area contributed by atoms with E-state index in [-0.39, 0.29) is 5.92 Å². The van der Waals surface area contributed by atoms with E-state index in [0.717, 1.165) is 43.5 Å². The SMILES string of the molecule is NC(=O)N/N=C1/CCC[C@@H]2C/C(=N/NC(N)=O)[C@H]1C2. The van der Waals surface area contributed by atoms with Crippen LogP contribution in [-0.2, 0) is 0 Å². The summed E-state index contributed by atoms with van der Waals surface area (Å²) in [5.41, 5.74) is 16.3. The second-order valence-corrected chi connectivity index (χ2v) is 4.91. The molecule has 19 heavy (non-hydrogen) atoms. The number of nitrogens with zero attached hydrogens (tertiary/aromatic N) is 2. The van der Waals surface area contributed by atoms with Crippen LogP contribution in [0.4, 0.5) is 9.59 Å². The van der Waals surface area contributed by atoms with E-state index in [0.29, 0.717) is 5.92 Å². The van der Waals surface area contributed by atoms with Crippen molar-refractivity contribution in [1.29, 1.82) is 0 Å². The largest absolute Gasteiger partial charge is 0.350 e. The Morgan fingerprint density at radius 3 is 2.37 bits per heavy atom. The van der Waals surface area contributed by atoms with Crippen LogP contribution in [0, 0.1) is 11.8 Å². The van der Waals surface area contributed by atoms with Crippen LogP contribution in [0.1, 0.15) is 32.1 Å². The number of fused-ring (bicyclic) bond motifs is 2. The first-order valence-corrected chi connectivity index (χ1v) is 6.30. The Morgan fingerprint density at radius 1 is 1.11 bits per heavy atom. The normalized spacial score (nSPS) is 30.1. The molecule has 0 heterocycles. The molecule has 2 fully saturated rings. The van der Waals surface area contributed by atoms with E-state index >= 15 is 0 Å². The highest BCUT2D eigenvalue weighted by molar-refractivity contribution is 6.09. The minimum atomic E-state index is -0.681. The van der Waals surface area contributed by atoms with Crippen molar-refractivity contribution in [2.45, 2.75) is 32.1 Å². The van der Waals surface area contributed by atoms with Crippen molar-refractivity contribution in [2.24, 2.45) is 33.5 Å². The average Bonchev–Trinajstić information content (AvgIpc) is 2.60. The summed E-state index contributed by atoms with van der Waals surface area (Å²) in [6.45, 7) is 0. The summed E-state index contributed by atoms with van der Waals surface area (Å²) in [7, 11) is 0. The minimum Gasteiger partial charge on any atom is -0.350 e. The summed E-state index contributed by atoms with van der Waals surface area (Å²) in [5.74, 6) is 0.617. The number of amides is 4. The Kier molecular flexibility index (Phi) is 3.98. The molecule has 0 aromatic carbocycles. The lowest BCUT2D eigenvalue weighted by molar-refractivity contribution is 0.248. The number of primary amides is 2. The Morgan fingerprint density at radius 2 is 1.74 bits per heavy atom. The number of nitrogens with one attached hydrogen (secondary N) is 2. The van der Waals surface area contributed by atoms with E-state index in [2.05, 4.69) is 21.1 Å². The van der Waals surface area contributed by atoms with Crippen LogP contribution in [0.5, 0.6) is 0 Å². The van der Waals surface area contributed by atoms with Crippen molar-refractivity contribution in [3.05, 3.63) is 0 Å². The minimum absolute atomic E-state index is 0.0613. The van der Waals surface area contributed by atoms with Gasteiger partial charge in [-0.15, -0.1) is 0 Å². The van der Waals surface area contributed by atoms with Gasteiger partial charge in [0.15, 0.2) is 0 Å². The molecule has 2 saturated carbocycles. The predicted molar refractivity (Wildman–Crippen MR) is 70.4 cm³/mol. The molecule has 0 unspecified atom stereocenters. The predicted octanol–water partition coefficient (Wildman–Crippen LogP) is 0.245. The Bertz CT molecular complexity index is 444. The number of hydrogen-bond donors (Lipinski definition) is 4. The van der Waals surface area contributed by atoms with Crippen molar-refractivity contribution in [3.8, 4) is 0 Å². The van der Waals surface area contributed by atoms with Gasteiger partial charge < -0.3 is 11.5 Å². The molecule has 0 aromatic rings. The van der Waals surface area contributed by atoms with Gasteiger partial charge in [0.05, 0.1) is 0 Å². The van der Waals surface area contributed by atoms with Crippen LogP contribution in [0.15, 0.2) is 10.2 Å². The van der Waals surface area contributed by atoms with Crippen LogP contribution < -0.4 is 22.3 Å². The number of urea groups is 2. The fraction of sp³-hybridized carbons (Fsp3) is 0.636. The molecular formula is C11H18N6O2. The van der Waals surface area contributed by atoms with E-state index in [4.69, 9.17) is 11.5 Å². The smallest absolute Gasteiger partial charge is 0.332 e. The van der Waals surface area contributed by atoms with Crippen LogP contribution in [0.3, 0.4) is 0 Å². The Balaban J connectivity index is 2.15. The van der Waals surface area contributed by atoms with Gasteiger partial charge in [0, 0.05) is 17.3 Å². The van der Waals surface area contributed by atoms with Gasteiger partial charge >= 0.3 is 12.1 Å². The van der Waals surface area contributed by atoms with Crippen molar-refractivity contribution in [2.75, 3.05) is 0 Å². The summed E-state index contributed by atoms with van der Waals surface area (Å²) in [6, 6.07) is -1.36. The first kappa shape index (κ1) is 13.3. The van der Waals surface area contributed by atoms with Crippen LogP contribution >= 0.6 is 0 Å². The molecule has 0 aromatic heterocycles. The fourth-order valence-corrected chi connectivity index (χ4v) is 2.80. The van der Waals surface area contributed by atoms with Crippen molar-refractivity contribution < 1.29 is 9.59 Å². The second kappa shape index (κ2) is 5.68. The first-order chi connectivity index (χ1) is 9.06. The fourth-order valence-electron chi connectivity index (χ4n) is 2.80.